The van der Waals surface area contributed by atoms with Crippen molar-refractivity contribution in [2.45, 2.75) is 20.4 Å². The number of anilines is 1. The van der Waals surface area contributed by atoms with Gasteiger partial charge in [0.05, 0.1) is 25.1 Å². The van der Waals surface area contributed by atoms with Crippen LogP contribution in [0.1, 0.15) is 24.3 Å². The molecule has 2 N–H and O–H groups in total. The van der Waals surface area contributed by atoms with Gasteiger partial charge in [-0.2, -0.15) is 5.10 Å². The van der Waals surface area contributed by atoms with Gasteiger partial charge < -0.3 is 20.3 Å². The Morgan fingerprint density at radius 2 is 2.14 bits per heavy atom. The molecule has 21 heavy (non-hydrogen) atoms. The van der Waals surface area contributed by atoms with Gasteiger partial charge in [0, 0.05) is 26.2 Å². The van der Waals surface area contributed by atoms with Gasteiger partial charge in [0.25, 0.3) is 5.91 Å². The third kappa shape index (κ3) is 3.70. The van der Waals surface area contributed by atoms with E-state index in [-0.39, 0.29) is 5.91 Å². The Morgan fingerprint density at radius 3 is 2.76 bits per heavy atom. The molecule has 1 aliphatic rings. The lowest BCUT2D eigenvalue weighted by molar-refractivity contribution is 0.0295. The number of aryl methyl sites for hydroxylation is 1. The van der Waals surface area contributed by atoms with Crippen LogP contribution in [0.15, 0.2) is 6.20 Å². The molecule has 0 radical (unpaired) electrons. The van der Waals surface area contributed by atoms with Crippen molar-refractivity contribution >= 4 is 28.9 Å². The van der Waals surface area contributed by atoms with Crippen molar-refractivity contribution in [3.05, 3.63) is 11.9 Å². The molecule has 0 atom stereocenters. The second-order valence-corrected chi connectivity index (χ2v) is 5.02. The van der Waals surface area contributed by atoms with Gasteiger partial charge in [-0.3, -0.25) is 9.48 Å². The summed E-state index contributed by atoms with van der Waals surface area (Å²) in [6, 6.07) is 0. The average Bonchev–Trinajstić information content (AvgIpc) is 2.90. The highest BCUT2D eigenvalue weighted by atomic mass is 32.1. The van der Waals surface area contributed by atoms with Gasteiger partial charge in [0.2, 0.25) is 0 Å². The second-order valence-electron chi connectivity index (χ2n) is 4.61. The van der Waals surface area contributed by atoms with Gasteiger partial charge in [-0.25, -0.2) is 0 Å². The van der Waals surface area contributed by atoms with E-state index in [2.05, 4.69) is 15.7 Å². The predicted octanol–water partition coefficient (Wildman–Crippen LogP) is 0.682. The number of carbonyl (C=O) groups is 1. The van der Waals surface area contributed by atoms with Gasteiger partial charge in [0.1, 0.15) is 5.69 Å². The minimum absolute atomic E-state index is 0.0422. The number of nitrogens with zero attached hydrogens (tertiary/aromatic N) is 3. The number of rotatable bonds is 4. The van der Waals surface area contributed by atoms with Crippen molar-refractivity contribution in [3.8, 4) is 0 Å². The van der Waals surface area contributed by atoms with E-state index in [9.17, 15) is 4.79 Å². The Balaban J connectivity index is 2.20. The third-order valence-corrected chi connectivity index (χ3v) is 3.47. The molecule has 1 amide bonds. The van der Waals surface area contributed by atoms with Crippen LogP contribution in [0.2, 0.25) is 0 Å². The largest absolute Gasteiger partial charge is 0.378 e. The predicted molar refractivity (Wildman–Crippen MR) is 84.5 cm³/mol. The summed E-state index contributed by atoms with van der Waals surface area (Å²) in [5.74, 6) is -0.0422. The second kappa shape index (κ2) is 7.37. The summed E-state index contributed by atoms with van der Waals surface area (Å²) in [5, 5.41) is 10.8. The van der Waals surface area contributed by atoms with Crippen molar-refractivity contribution in [2.75, 3.05) is 38.2 Å². The molecule has 0 aliphatic carbocycles. The molecule has 0 bridgehead atoms. The summed E-state index contributed by atoms with van der Waals surface area (Å²) in [6.07, 6.45) is 1.64. The van der Waals surface area contributed by atoms with Crippen molar-refractivity contribution in [3.63, 3.8) is 0 Å². The zero-order valence-corrected chi connectivity index (χ0v) is 13.2. The number of thiocarbonyl (C=S) groups is 1. The van der Waals surface area contributed by atoms with Crippen molar-refractivity contribution in [1.82, 2.24) is 20.0 Å². The fraction of sp³-hybridized carbons (Fsp3) is 0.615. The van der Waals surface area contributed by atoms with Crippen LogP contribution in [0.4, 0.5) is 5.69 Å². The van der Waals surface area contributed by atoms with Crippen LogP contribution < -0.4 is 10.6 Å². The van der Waals surface area contributed by atoms with Crippen LogP contribution in [0.5, 0.6) is 0 Å². The van der Waals surface area contributed by atoms with Gasteiger partial charge in [0.15, 0.2) is 5.11 Å². The molecule has 1 saturated heterocycles. The number of ether oxygens (including phenoxy) is 1. The van der Waals surface area contributed by atoms with Crippen LogP contribution >= 0.6 is 12.2 Å². The molecule has 7 nitrogen and oxygen atoms in total. The van der Waals surface area contributed by atoms with E-state index in [1.165, 1.54) is 0 Å². The Hall–Kier alpha value is -1.67. The summed E-state index contributed by atoms with van der Waals surface area (Å²) in [4.78, 5) is 14.5. The van der Waals surface area contributed by atoms with E-state index in [0.717, 1.165) is 6.54 Å². The molecular weight excluding hydrogens is 290 g/mol. The summed E-state index contributed by atoms with van der Waals surface area (Å²) in [6.45, 7) is 7.62. The maximum atomic E-state index is 12.7. The maximum Gasteiger partial charge on any atom is 0.274 e. The summed E-state index contributed by atoms with van der Waals surface area (Å²) in [5.41, 5.74) is 1.18. The normalized spacial score (nSPS) is 14.9. The number of hydrogen-bond acceptors (Lipinski definition) is 4. The van der Waals surface area contributed by atoms with E-state index in [0.29, 0.717) is 49.3 Å². The Labute approximate surface area is 129 Å². The monoisotopic (exact) mass is 311 g/mol. The molecule has 1 aromatic heterocycles. The highest BCUT2D eigenvalue weighted by Gasteiger charge is 2.25. The van der Waals surface area contributed by atoms with Gasteiger partial charge in [-0.15, -0.1) is 0 Å². The first-order valence-corrected chi connectivity index (χ1v) is 7.55. The van der Waals surface area contributed by atoms with Gasteiger partial charge in [-0.05, 0) is 26.1 Å². The number of morpholine rings is 1. The SMILES string of the molecule is CCNC(=S)Nc1cnn(CC)c1C(=O)N1CCOCC1. The topological polar surface area (TPSA) is 71.4 Å². The zero-order chi connectivity index (χ0) is 15.2. The third-order valence-electron chi connectivity index (χ3n) is 3.23. The lowest BCUT2D eigenvalue weighted by atomic mass is 10.3. The highest BCUT2D eigenvalue weighted by Crippen LogP contribution is 2.18. The molecule has 1 aliphatic heterocycles. The molecule has 0 spiro atoms. The molecule has 1 fully saturated rings. The Morgan fingerprint density at radius 1 is 1.43 bits per heavy atom. The minimum Gasteiger partial charge on any atom is -0.378 e. The highest BCUT2D eigenvalue weighted by molar-refractivity contribution is 7.80. The molecule has 0 saturated carbocycles. The first-order chi connectivity index (χ1) is 10.2. The fourth-order valence-electron chi connectivity index (χ4n) is 2.19. The molecular formula is C13H21N5O2S. The summed E-state index contributed by atoms with van der Waals surface area (Å²) >= 11 is 5.18. The number of hydrogen-bond donors (Lipinski definition) is 2. The lowest BCUT2D eigenvalue weighted by Gasteiger charge is -2.27. The van der Waals surface area contributed by atoms with Crippen molar-refractivity contribution in [2.24, 2.45) is 0 Å². The smallest absolute Gasteiger partial charge is 0.274 e. The molecule has 1 aromatic rings. The first kappa shape index (κ1) is 15.7. The minimum atomic E-state index is -0.0422. The van der Waals surface area contributed by atoms with E-state index in [1.54, 1.807) is 15.8 Å². The van der Waals surface area contributed by atoms with Crippen LogP contribution in [-0.4, -0.2) is 58.5 Å². The van der Waals surface area contributed by atoms with Crippen molar-refractivity contribution in [1.29, 1.82) is 0 Å². The standard InChI is InChI=1S/C13H21N5O2S/c1-3-14-13(21)16-10-9-15-18(4-2)11(10)12(19)17-5-7-20-8-6-17/h9H,3-8H2,1-2H3,(H2,14,16,21). The summed E-state index contributed by atoms with van der Waals surface area (Å²) < 4.78 is 6.98. The first-order valence-electron chi connectivity index (χ1n) is 7.15. The van der Waals surface area contributed by atoms with E-state index < -0.39 is 0 Å². The van der Waals surface area contributed by atoms with E-state index in [4.69, 9.17) is 17.0 Å². The van der Waals surface area contributed by atoms with Crippen LogP contribution in [0, 0.1) is 0 Å². The number of aromatic nitrogens is 2. The number of nitrogens with one attached hydrogen (secondary N) is 2. The molecule has 8 heteroatoms. The van der Waals surface area contributed by atoms with Gasteiger partial charge >= 0.3 is 0 Å². The fourth-order valence-corrected chi connectivity index (χ4v) is 2.44. The van der Waals surface area contributed by atoms with Crippen LogP contribution in [0.3, 0.4) is 0 Å². The average molecular weight is 311 g/mol. The number of carbonyl (C=O) groups excluding carboxylic acids is 1. The number of amides is 1. The molecule has 116 valence electrons. The zero-order valence-electron chi connectivity index (χ0n) is 12.4. The van der Waals surface area contributed by atoms with E-state index in [1.807, 2.05) is 13.8 Å². The lowest BCUT2D eigenvalue weighted by Crippen LogP contribution is -2.42. The Kier molecular flexibility index (Phi) is 5.51. The maximum absolute atomic E-state index is 12.7. The molecule has 0 unspecified atom stereocenters. The molecule has 2 rings (SSSR count). The molecule has 2 heterocycles. The molecule has 0 aromatic carbocycles. The quantitative estimate of drug-likeness (QED) is 0.797. The van der Waals surface area contributed by atoms with Crippen molar-refractivity contribution < 1.29 is 9.53 Å². The van der Waals surface area contributed by atoms with E-state index >= 15 is 0 Å². The van der Waals surface area contributed by atoms with Crippen LogP contribution in [0.25, 0.3) is 0 Å². The summed E-state index contributed by atoms with van der Waals surface area (Å²) in [7, 11) is 0. The van der Waals surface area contributed by atoms with Gasteiger partial charge in [-0.1, -0.05) is 0 Å². The van der Waals surface area contributed by atoms with Crippen LogP contribution in [-0.2, 0) is 11.3 Å². The Bertz CT molecular complexity index is 511.